The molecule has 0 spiro atoms. The van der Waals surface area contributed by atoms with Crippen molar-refractivity contribution in [3.63, 3.8) is 0 Å². The number of pyridine rings is 1. The van der Waals surface area contributed by atoms with E-state index < -0.39 is 0 Å². The molecule has 0 bridgehead atoms. The molecule has 0 saturated carbocycles. The Morgan fingerprint density at radius 2 is 0.452 bits per heavy atom. The first-order valence-corrected chi connectivity index (χ1v) is 28.7. The molecule has 17 aromatic rings. The molecule has 17 rings (SSSR count). The maximum absolute atomic E-state index is 5.92. The van der Waals surface area contributed by atoms with Crippen LogP contribution in [0.2, 0.25) is 0 Å². The van der Waals surface area contributed by atoms with Gasteiger partial charge < -0.3 is 18.3 Å². The van der Waals surface area contributed by atoms with Crippen LogP contribution in [-0.2, 0) is 0 Å². The van der Waals surface area contributed by atoms with Crippen molar-refractivity contribution in [3.8, 4) is 67.5 Å². The Morgan fingerprint density at radius 3 is 0.702 bits per heavy atom. The molecule has 5 aromatic heterocycles. The molecule has 0 amide bonds. The van der Waals surface area contributed by atoms with Gasteiger partial charge in [-0.1, -0.05) is 207 Å². The van der Waals surface area contributed by atoms with Crippen LogP contribution < -0.4 is 0 Å². The van der Waals surface area contributed by atoms with E-state index in [0.29, 0.717) is 0 Å². The number of hydrogen-bond acceptors (Lipinski definition) is 1. The minimum Gasteiger partial charge on any atom is -0.309 e. The summed E-state index contributed by atoms with van der Waals surface area (Å²) in [5.74, 6) is 0. The van der Waals surface area contributed by atoms with Crippen LogP contribution in [0.15, 0.2) is 298 Å². The minimum atomic E-state index is 0.858. The highest BCUT2D eigenvalue weighted by molar-refractivity contribution is 6.13. The van der Waals surface area contributed by atoms with Crippen LogP contribution >= 0.6 is 0 Å². The van der Waals surface area contributed by atoms with Crippen LogP contribution in [0.25, 0.3) is 161 Å². The van der Waals surface area contributed by atoms with E-state index in [1.54, 1.807) is 0 Å². The third-order valence-corrected chi connectivity index (χ3v) is 17.3. The maximum Gasteiger partial charge on any atom is 0.0717 e. The lowest BCUT2D eigenvalue weighted by Gasteiger charge is -2.18. The molecular weight excluding hydrogens is 1020 g/mol. The van der Waals surface area contributed by atoms with Gasteiger partial charge in [0.05, 0.1) is 55.5 Å². The van der Waals surface area contributed by atoms with Crippen molar-refractivity contribution in [2.24, 2.45) is 0 Å². The Balaban J connectivity index is 0.962. The molecule has 392 valence electrons. The van der Waals surface area contributed by atoms with Gasteiger partial charge in [-0.25, -0.2) is 4.98 Å². The number of fused-ring (bicyclic) bond motifs is 12. The van der Waals surface area contributed by atoms with Crippen LogP contribution in [0.4, 0.5) is 0 Å². The number of para-hydroxylation sites is 8. The molecule has 5 nitrogen and oxygen atoms in total. The van der Waals surface area contributed by atoms with E-state index in [4.69, 9.17) is 4.98 Å². The van der Waals surface area contributed by atoms with Gasteiger partial charge >= 0.3 is 0 Å². The lowest BCUT2D eigenvalue weighted by Crippen LogP contribution is -2.02. The molecule has 12 aromatic carbocycles. The van der Waals surface area contributed by atoms with E-state index in [1.807, 2.05) is 6.08 Å². The first-order chi connectivity index (χ1) is 41.6. The SMILES string of the molecule is C=Cc1ccc(-c2ccc(-c3cc(-c4cc(-n5c6ccccc6c6ccccc65)cc(-n5c6ccccc6c6ccccc65)c4)nc(-c4cc(-n5c6ccccc6c6ccccc65)cc(-n5c6ccccc6c6ccccc65)c4)c3)cc2)cc1. The van der Waals surface area contributed by atoms with E-state index >= 15 is 0 Å². The van der Waals surface area contributed by atoms with Gasteiger partial charge in [0, 0.05) is 77.0 Å². The van der Waals surface area contributed by atoms with E-state index in [1.165, 1.54) is 43.1 Å². The molecule has 0 saturated heterocycles. The zero-order valence-electron chi connectivity index (χ0n) is 45.7. The second-order valence-electron chi connectivity index (χ2n) is 22.0. The van der Waals surface area contributed by atoms with Crippen molar-refractivity contribution >= 4 is 93.3 Å². The van der Waals surface area contributed by atoms with Gasteiger partial charge in [-0.3, -0.25) is 0 Å². The fraction of sp³-hybridized carbons (Fsp3) is 0. The lowest BCUT2D eigenvalue weighted by molar-refractivity contribution is 1.13. The van der Waals surface area contributed by atoms with Gasteiger partial charge in [0.1, 0.15) is 0 Å². The van der Waals surface area contributed by atoms with Crippen molar-refractivity contribution in [2.75, 3.05) is 0 Å². The number of aromatic nitrogens is 5. The molecule has 5 heteroatoms. The summed E-state index contributed by atoms with van der Waals surface area (Å²) in [6.07, 6.45) is 1.89. The molecule has 0 N–H and O–H groups in total. The second kappa shape index (κ2) is 18.9. The summed E-state index contributed by atoms with van der Waals surface area (Å²) in [7, 11) is 0. The molecule has 0 atom stereocenters. The molecule has 0 aliphatic heterocycles. The van der Waals surface area contributed by atoms with E-state index in [2.05, 4.69) is 316 Å². The van der Waals surface area contributed by atoms with Crippen molar-refractivity contribution in [3.05, 3.63) is 303 Å². The Morgan fingerprint density at radius 1 is 0.226 bits per heavy atom. The van der Waals surface area contributed by atoms with Gasteiger partial charge in [0.2, 0.25) is 0 Å². The molecule has 0 aliphatic carbocycles. The highest BCUT2D eigenvalue weighted by Crippen LogP contribution is 2.42. The Bertz CT molecular complexity index is 4740. The number of rotatable bonds is 9. The van der Waals surface area contributed by atoms with E-state index in [-0.39, 0.29) is 0 Å². The average Bonchev–Trinajstić information content (AvgIpc) is 3.81. The molecular formula is C79H51N5. The summed E-state index contributed by atoms with van der Waals surface area (Å²) in [5, 5.41) is 9.68. The zero-order valence-corrected chi connectivity index (χ0v) is 45.7. The molecule has 0 fully saturated rings. The quantitative estimate of drug-likeness (QED) is 0.142. The third-order valence-electron chi connectivity index (χ3n) is 17.3. The standard InChI is InChI=1S/C79H51N5/c1-2-51-35-37-52(38-36-51)53-39-41-54(42-40-53)55-47-70(56-43-58(81-72-27-11-3-19-62(72)63-20-4-12-28-73(63)81)49-59(44-56)82-74-29-13-5-21-64(74)65-22-6-14-30-75(65)82)80-71(48-55)57-45-60(83-76-31-15-7-23-66(76)67-24-8-16-32-77(67)83)50-61(46-57)84-78-33-17-9-25-68(78)69-26-10-18-34-79(69)84/h2-50H,1H2. The van der Waals surface area contributed by atoms with Gasteiger partial charge in [-0.05, 0) is 125 Å². The summed E-state index contributed by atoms with van der Waals surface area (Å²) in [4.78, 5) is 5.92. The summed E-state index contributed by atoms with van der Waals surface area (Å²) < 4.78 is 9.74. The minimum absolute atomic E-state index is 0.858. The van der Waals surface area contributed by atoms with Crippen LogP contribution in [0.5, 0.6) is 0 Å². The number of benzene rings is 12. The largest absolute Gasteiger partial charge is 0.309 e. The smallest absolute Gasteiger partial charge is 0.0717 e. The van der Waals surface area contributed by atoms with Gasteiger partial charge in [0.25, 0.3) is 0 Å². The molecule has 5 heterocycles. The van der Waals surface area contributed by atoms with Crippen LogP contribution in [0.1, 0.15) is 5.56 Å². The van der Waals surface area contributed by atoms with E-state index in [0.717, 1.165) is 117 Å². The summed E-state index contributed by atoms with van der Waals surface area (Å²) >= 11 is 0. The van der Waals surface area contributed by atoms with Crippen LogP contribution in [0, 0.1) is 0 Å². The average molecular weight is 1070 g/mol. The summed E-state index contributed by atoms with van der Waals surface area (Å²) in [5.41, 5.74) is 22.6. The van der Waals surface area contributed by atoms with Gasteiger partial charge in [0.15, 0.2) is 0 Å². The lowest BCUT2D eigenvalue weighted by atomic mass is 9.96. The monoisotopic (exact) mass is 1070 g/mol. The van der Waals surface area contributed by atoms with Crippen molar-refractivity contribution < 1.29 is 0 Å². The van der Waals surface area contributed by atoms with Crippen molar-refractivity contribution in [1.29, 1.82) is 0 Å². The predicted octanol–water partition coefficient (Wildman–Crippen LogP) is 20.8. The Labute approximate surface area is 484 Å². The zero-order chi connectivity index (χ0) is 55.4. The number of hydrogen-bond donors (Lipinski definition) is 0. The molecule has 0 radical (unpaired) electrons. The molecule has 0 aliphatic rings. The van der Waals surface area contributed by atoms with Gasteiger partial charge in [-0.2, -0.15) is 0 Å². The van der Waals surface area contributed by atoms with Crippen molar-refractivity contribution in [1.82, 2.24) is 23.3 Å². The fourth-order valence-corrected chi connectivity index (χ4v) is 13.5. The normalized spacial score (nSPS) is 11.9. The van der Waals surface area contributed by atoms with Gasteiger partial charge in [-0.15, -0.1) is 0 Å². The maximum atomic E-state index is 5.92. The topological polar surface area (TPSA) is 32.6 Å². The fourth-order valence-electron chi connectivity index (χ4n) is 13.5. The predicted molar refractivity (Wildman–Crippen MR) is 353 cm³/mol. The third kappa shape index (κ3) is 7.46. The Kier molecular flexibility index (Phi) is 10.7. The highest BCUT2D eigenvalue weighted by atomic mass is 15.0. The first-order valence-electron chi connectivity index (χ1n) is 28.7. The number of nitrogens with zero attached hydrogens (tertiary/aromatic N) is 5. The van der Waals surface area contributed by atoms with E-state index in [9.17, 15) is 0 Å². The first kappa shape index (κ1) is 47.5. The summed E-state index contributed by atoms with van der Waals surface area (Å²) in [6, 6.07) is 107. The Hall–Kier alpha value is -11.3. The second-order valence-corrected chi connectivity index (χ2v) is 22.0. The molecule has 84 heavy (non-hydrogen) atoms. The highest BCUT2D eigenvalue weighted by Gasteiger charge is 2.22. The molecule has 0 unspecified atom stereocenters. The van der Waals surface area contributed by atoms with Crippen molar-refractivity contribution in [2.45, 2.75) is 0 Å². The summed E-state index contributed by atoms with van der Waals surface area (Å²) in [6.45, 7) is 3.99. The van der Waals surface area contributed by atoms with Crippen LogP contribution in [0.3, 0.4) is 0 Å². The van der Waals surface area contributed by atoms with Crippen LogP contribution in [-0.4, -0.2) is 23.3 Å².